The number of rotatable bonds is 4. The maximum Gasteiger partial charge on any atom is 0.223 e. The second kappa shape index (κ2) is 4.72. The van der Waals surface area contributed by atoms with Gasteiger partial charge in [0.2, 0.25) is 5.91 Å². The van der Waals surface area contributed by atoms with Crippen molar-refractivity contribution in [1.82, 2.24) is 9.88 Å². The highest BCUT2D eigenvalue weighted by atomic mass is 32.1. The number of nitrogens with zero attached hydrogens (tertiary/aromatic N) is 2. The van der Waals surface area contributed by atoms with Crippen LogP contribution in [0.4, 0.5) is 0 Å². The molecule has 0 aliphatic carbocycles. The molecule has 0 saturated carbocycles. The van der Waals surface area contributed by atoms with E-state index in [2.05, 4.69) is 4.98 Å². The molecular formula is C10H14N2O2S. The van der Waals surface area contributed by atoms with Crippen molar-refractivity contribution in [2.24, 2.45) is 5.92 Å². The fourth-order valence-corrected chi connectivity index (χ4v) is 2.41. The molecule has 1 aromatic rings. The summed E-state index contributed by atoms with van der Waals surface area (Å²) in [4.78, 5) is 17.5. The van der Waals surface area contributed by atoms with Gasteiger partial charge in [0.05, 0.1) is 5.01 Å². The molecule has 1 fully saturated rings. The van der Waals surface area contributed by atoms with Gasteiger partial charge in [0.1, 0.15) is 0 Å². The molecule has 4 nitrogen and oxygen atoms in total. The summed E-state index contributed by atoms with van der Waals surface area (Å²) in [5.41, 5.74) is 0. The van der Waals surface area contributed by atoms with Gasteiger partial charge < -0.3 is 10.0 Å². The van der Waals surface area contributed by atoms with Crippen LogP contribution in [0.15, 0.2) is 11.6 Å². The largest absolute Gasteiger partial charge is 0.396 e. The van der Waals surface area contributed by atoms with Crippen molar-refractivity contribution in [2.75, 3.05) is 19.7 Å². The Hall–Kier alpha value is -0.940. The van der Waals surface area contributed by atoms with Crippen LogP contribution in [0.3, 0.4) is 0 Å². The Morgan fingerprint density at radius 2 is 2.53 bits per heavy atom. The van der Waals surface area contributed by atoms with Crippen LogP contribution in [0, 0.1) is 5.92 Å². The molecule has 0 aromatic carbocycles. The summed E-state index contributed by atoms with van der Waals surface area (Å²) < 4.78 is 0. The smallest absolute Gasteiger partial charge is 0.223 e. The Labute approximate surface area is 92.6 Å². The number of thiazole rings is 1. The summed E-state index contributed by atoms with van der Waals surface area (Å²) in [6.45, 7) is 1.53. The molecule has 1 unspecified atom stereocenters. The summed E-state index contributed by atoms with van der Waals surface area (Å²) in [6.07, 6.45) is 3.10. The average Bonchev–Trinajstić information content (AvgIpc) is 2.84. The second-order valence-corrected chi connectivity index (χ2v) is 4.75. The predicted octanol–water partition coefficient (Wildman–Crippen LogP) is 0.526. The summed E-state index contributed by atoms with van der Waals surface area (Å²) in [5, 5.41) is 12.0. The highest BCUT2D eigenvalue weighted by Crippen LogP contribution is 2.17. The van der Waals surface area contributed by atoms with E-state index in [-0.39, 0.29) is 18.4 Å². The van der Waals surface area contributed by atoms with Crippen LogP contribution in [-0.4, -0.2) is 40.6 Å². The van der Waals surface area contributed by atoms with Gasteiger partial charge in [0.15, 0.2) is 0 Å². The monoisotopic (exact) mass is 226 g/mol. The van der Waals surface area contributed by atoms with Crippen molar-refractivity contribution < 1.29 is 9.90 Å². The first kappa shape index (κ1) is 10.6. The first-order chi connectivity index (χ1) is 7.29. The molecular weight excluding hydrogens is 212 g/mol. The minimum atomic E-state index is 0.111. The van der Waals surface area contributed by atoms with E-state index in [0.29, 0.717) is 13.0 Å². The van der Waals surface area contributed by atoms with Crippen molar-refractivity contribution in [3.63, 3.8) is 0 Å². The highest BCUT2D eigenvalue weighted by molar-refractivity contribution is 7.09. The molecule has 1 atom stereocenters. The molecule has 82 valence electrons. The summed E-state index contributed by atoms with van der Waals surface area (Å²) in [5.74, 6) is 0.291. The van der Waals surface area contributed by atoms with Crippen molar-refractivity contribution in [1.29, 1.82) is 0 Å². The first-order valence-corrected chi connectivity index (χ1v) is 5.94. The maximum atomic E-state index is 11.5. The number of carbonyl (C=O) groups excluding carboxylic acids is 1. The molecule has 1 saturated heterocycles. The molecule has 1 aromatic heterocycles. The lowest BCUT2D eigenvalue weighted by Crippen LogP contribution is -2.27. The van der Waals surface area contributed by atoms with Crippen LogP contribution in [0.2, 0.25) is 0 Å². The van der Waals surface area contributed by atoms with E-state index in [1.165, 1.54) is 0 Å². The lowest BCUT2D eigenvalue weighted by atomic mass is 10.1. The van der Waals surface area contributed by atoms with Crippen LogP contribution >= 0.6 is 11.3 Å². The zero-order chi connectivity index (χ0) is 10.7. The van der Waals surface area contributed by atoms with Crippen LogP contribution in [0.5, 0.6) is 0 Å². The van der Waals surface area contributed by atoms with E-state index >= 15 is 0 Å². The van der Waals surface area contributed by atoms with Gasteiger partial charge in [-0.1, -0.05) is 0 Å². The fourth-order valence-electron chi connectivity index (χ4n) is 1.80. The van der Waals surface area contributed by atoms with Gasteiger partial charge in [-0.2, -0.15) is 0 Å². The summed E-state index contributed by atoms with van der Waals surface area (Å²) >= 11 is 1.62. The number of hydrogen-bond donors (Lipinski definition) is 1. The molecule has 15 heavy (non-hydrogen) atoms. The highest BCUT2D eigenvalue weighted by Gasteiger charge is 2.28. The lowest BCUT2D eigenvalue weighted by Gasteiger charge is -2.14. The van der Waals surface area contributed by atoms with Crippen molar-refractivity contribution in [3.8, 4) is 0 Å². The Bertz CT molecular complexity index is 326. The number of aliphatic hydroxyl groups is 1. The van der Waals surface area contributed by atoms with Crippen molar-refractivity contribution in [2.45, 2.75) is 12.8 Å². The van der Waals surface area contributed by atoms with Gasteiger partial charge in [0, 0.05) is 50.0 Å². The minimum Gasteiger partial charge on any atom is -0.396 e. The Morgan fingerprint density at radius 3 is 3.13 bits per heavy atom. The van der Waals surface area contributed by atoms with E-state index in [0.717, 1.165) is 18.0 Å². The summed E-state index contributed by atoms with van der Waals surface area (Å²) in [6, 6.07) is 0. The maximum absolute atomic E-state index is 11.5. The normalized spacial score (nSPS) is 21.3. The third kappa shape index (κ3) is 2.54. The Kier molecular flexibility index (Phi) is 3.33. The van der Waals surface area contributed by atoms with Gasteiger partial charge in [-0.05, 0) is 0 Å². The van der Waals surface area contributed by atoms with E-state index in [1.807, 2.05) is 10.3 Å². The number of amides is 1. The quantitative estimate of drug-likeness (QED) is 0.814. The van der Waals surface area contributed by atoms with Crippen LogP contribution in [0.1, 0.15) is 11.4 Å². The zero-order valence-corrected chi connectivity index (χ0v) is 9.24. The number of aromatic nitrogens is 1. The SMILES string of the molecule is O=C1CC(CO)CN1CCc1nccs1. The molecule has 1 aliphatic rings. The van der Waals surface area contributed by atoms with Gasteiger partial charge in [-0.15, -0.1) is 11.3 Å². The van der Waals surface area contributed by atoms with Crippen LogP contribution < -0.4 is 0 Å². The topological polar surface area (TPSA) is 53.4 Å². The van der Waals surface area contributed by atoms with Crippen molar-refractivity contribution in [3.05, 3.63) is 16.6 Å². The zero-order valence-electron chi connectivity index (χ0n) is 8.43. The molecule has 0 bridgehead atoms. The molecule has 2 rings (SSSR count). The summed E-state index contributed by atoms with van der Waals surface area (Å²) in [7, 11) is 0. The Morgan fingerprint density at radius 1 is 1.67 bits per heavy atom. The van der Waals surface area contributed by atoms with E-state index in [9.17, 15) is 4.79 Å². The minimum absolute atomic E-state index is 0.111. The molecule has 2 heterocycles. The van der Waals surface area contributed by atoms with Gasteiger partial charge in [-0.3, -0.25) is 4.79 Å². The molecule has 5 heteroatoms. The number of likely N-dealkylation sites (tertiary alicyclic amines) is 1. The number of carbonyl (C=O) groups is 1. The lowest BCUT2D eigenvalue weighted by molar-refractivity contribution is -0.127. The molecule has 1 aliphatic heterocycles. The fraction of sp³-hybridized carbons (Fsp3) is 0.600. The van der Waals surface area contributed by atoms with E-state index in [4.69, 9.17) is 5.11 Å². The van der Waals surface area contributed by atoms with E-state index < -0.39 is 0 Å². The molecule has 1 N–H and O–H groups in total. The van der Waals surface area contributed by atoms with Gasteiger partial charge in [0.25, 0.3) is 0 Å². The average molecular weight is 226 g/mol. The van der Waals surface area contributed by atoms with Crippen LogP contribution in [-0.2, 0) is 11.2 Å². The second-order valence-electron chi connectivity index (χ2n) is 3.77. The predicted molar refractivity (Wildman–Crippen MR) is 57.6 cm³/mol. The number of hydrogen-bond acceptors (Lipinski definition) is 4. The van der Waals surface area contributed by atoms with Gasteiger partial charge >= 0.3 is 0 Å². The molecule has 1 amide bonds. The van der Waals surface area contributed by atoms with Crippen LogP contribution in [0.25, 0.3) is 0 Å². The van der Waals surface area contributed by atoms with Gasteiger partial charge in [-0.25, -0.2) is 4.98 Å². The standard InChI is InChI=1S/C10H14N2O2S/c13-7-8-5-10(14)12(6-8)3-1-9-11-2-4-15-9/h2,4,8,13H,1,3,5-7H2. The molecule has 0 spiro atoms. The first-order valence-electron chi connectivity index (χ1n) is 5.06. The third-order valence-corrected chi connectivity index (χ3v) is 3.47. The van der Waals surface area contributed by atoms with E-state index in [1.54, 1.807) is 17.5 Å². The van der Waals surface area contributed by atoms with Crippen molar-refractivity contribution >= 4 is 17.2 Å². The number of aliphatic hydroxyl groups excluding tert-OH is 1. The Balaban J connectivity index is 1.83. The molecule has 0 radical (unpaired) electrons. The third-order valence-electron chi connectivity index (χ3n) is 2.63.